The van der Waals surface area contributed by atoms with Crippen molar-refractivity contribution in [2.24, 2.45) is 0 Å². The SMILES string of the molecule is O=P(O)(O)OC[C@H]1O[C@@](CO)(n2cnc3c(O)ncnc32)[C@H](O)[C@@H]1O. The van der Waals surface area contributed by atoms with Crippen LogP contribution in [0.1, 0.15) is 0 Å². The van der Waals surface area contributed by atoms with E-state index >= 15 is 0 Å². The zero-order chi connectivity index (χ0) is 18.4. The van der Waals surface area contributed by atoms with Crippen molar-refractivity contribution in [3.05, 3.63) is 12.7 Å². The number of nitrogens with zero attached hydrogens (tertiary/aromatic N) is 4. The Bertz CT molecular complexity index is 825. The van der Waals surface area contributed by atoms with Crippen LogP contribution in [-0.4, -0.2) is 81.3 Å². The molecular formula is C11H15N4O9P. The summed E-state index contributed by atoms with van der Waals surface area (Å²) < 4.78 is 21.7. The maximum Gasteiger partial charge on any atom is 0.469 e. The normalized spacial score (nSPS) is 30.2. The third kappa shape index (κ3) is 3.01. The van der Waals surface area contributed by atoms with Crippen molar-refractivity contribution < 1.29 is 44.0 Å². The minimum Gasteiger partial charge on any atom is -0.492 e. The number of aliphatic hydroxyl groups is 3. The second-order valence-corrected chi connectivity index (χ2v) is 6.60. The molecule has 0 unspecified atom stereocenters. The van der Waals surface area contributed by atoms with Gasteiger partial charge in [-0.15, -0.1) is 0 Å². The second-order valence-electron chi connectivity index (χ2n) is 5.37. The largest absolute Gasteiger partial charge is 0.492 e. The smallest absolute Gasteiger partial charge is 0.469 e. The molecule has 0 aliphatic carbocycles. The lowest BCUT2D eigenvalue weighted by atomic mass is 10.0. The minimum atomic E-state index is -4.83. The molecule has 6 N–H and O–H groups in total. The molecule has 3 heterocycles. The Morgan fingerprint density at radius 3 is 2.68 bits per heavy atom. The predicted octanol–water partition coefficient (Wildman–Crippen LogP) is -2.59. The van der Waals surface area contributed by atoms with Crippen LogP contribution in [0.3, 0.4) is 0 Å². The van der Waals surface area contributed by atoms with Crippen molar-refractivity contribution in [1.29, 1.82) is 0 Å². The topological polar surface area (TPSA) is 201 Å². The van der Waals surface area contributed by atoms with E-state index < -0.39 is 51.0 Å². The summed E-state index contributed by atoms with van der Waals surface area (Å²) in [6.45, 7) is -1.58. The molecule has 1 aliphatic heterocycles. The summed E-state index contributed by atoms with van der Waals surface area (Å²) in [6, 6.07) is 0. The fraction of sp³-hybridized carbons (Fsp3) is 0.545. The van der Waals surface area contributed by atoms with E-state index in [1.807, 2.05) is 0 Å². The van der Waals surface area contributed by atoms with Crippen molar-refractivity contribution >= 4 is 19.0 Å². The Balaban J connectivity index is 1.99. The maximum absolute atomic E-state index is 10.8. The molecule has 0 aromatic carbocycles. The molecule has 0 amide bonds. The average Bonchev–Trinajstić information content (AvgIpc) is 3.08. The summed E-state index contributed by atoms with van der Waals surface area (Å²) in [5, 5.41) is 40.0. The van der Waals surface area contributed by atoms with Crippen LogP contribution in [0.2, 0.25) is 0 Å². The van der Waals surface area contributed by atoms with Gasteiger partial charge in [0.25, 0.3) is 0 Å². The molecule has 25 heavy (non-hydrogen) atoms. The first-order valence-corrected chi connectivity index (χ1v) is 8.45. The van der Waals surface area contributed by atoms with Gasteiger partial charge in [-0.05, 0) is 0 Å². The van der Waals surface area contributed by atoms with Gasteiger partial charge in [0.15, 0.2) is 16.9 Å². The Morgan fingerprint density at radius 1 is 1.32 bits per heavy atom. The molecule has 0 radical (unpaired) electrons. The van der Waals surface area contributed by atoms with E-state index in [4.69, 9.17) is 14.5 Å². The van der Waals surface area contributed by atoms with Gasteiger partial charge < -0.3 is 34.9 Å². The number of phosphoric acid groups is 1. The van der Waals surface area contributed by atoms with Crippen molar-refractivity contribution in [2.45, 2.75) is 24.0 Å². The van der Waals surface area contributed by atoms with E-state index in [0.717, 1.165) is 17.2 Å². The Labute approximate surface area is 139 Å². The van der Waals surface area contributed by atoms with E-state index in [0.29, 0.717) is 0 Å². The average molecular weight is 378 g/mol. The van der Waals surface area contributed by atoms with Gasteiger partial charge in [0.1, 0.15) is 24.6 Å². The van der Waals surface area contributed by atoms with Gasteiger partial charge in [-0.2, -0.15) is 4.98 Å². The van der Waals surface area contributed by atoms with E-state index in [1.54, 1.807) is 0 Å². The Kier molecular flexibility index (Phi) is 4.51. The van der Waals surface area contributed by atoms with E-state index in [-0.39, 0.29) is 11.2 Å². The van der Waals surface area contributed by atoms with Gasteiger partial charge in [-0.3, -0.25) is 9.09 Å². The van der Waals surface area contributed by atoms with Crippen LogP contribution in [-0.2, 0) is 19.6 Å². The van der Waals surface area contributed by atoms with E-state index in [9.17, 15) is 25.0 Å². The number of aromatic nitrogens is 4. The Hall–Kier alpha value is -1.70. The summed E-state index contributed by atoms with van der Waals surface area (Å²) in [7, 11) is -4.83. The van der Waals surface area contributed by atoms with Crippen LogP contribution in [0.25, 0.3) is 11.2 Å². The molecule has 1 saturated heterocycles. The van der Waals surface area contributed by atoms with Gasteiger partial charge in [0.05, 0.1) is 19.5 Å². The van der Waals surface area contributed by atoms with Crippen LogP contribution in [0, 0.1) is 0 Å². The molecule has 13 nitrogen and oxygen atoms in total. The molecule has 3 rings (SSSR count). The van der Waals surface area contributed by atoms with Crippen molar-refractivity contribution in [2.75, 3.05) is 13.2 Å². The number of ether oxygens (including phenoxy) is 1. The molecular weight excluding hydrogens is 363 g/mol. The highest BCUT2D eigenvalue weighted by Gasteiger charge is 2.56. The van der Waals surface area contributed by atoms with Gasteiger partial charge in [0.2, 0.25) is 5.88 Å². The number of phosphoric ester groups is 1. The van der Waals surface area contributed by atoms with Crippen LogP contribution in [0.4, 0.5) is 0 Å². The predicted molar refractivity (Wildman–Crippen MR) is 76.9 cm³/mol. The molecule has 2 aromatic rings. The number of rotatable bonds is 5. The molecule has 2 aromatic heterocycles. The van der Waals surface area contributed by atoms with E-state index in [1.165, 1.54) is 0 Å². The van der Waals surface area contributed by atoms with Gasteiger partial charge in [-0.1, -0.05) is 0 Å². The molecule has 1 fully saturated rings. The Morgan fingerprint density at radius 2 is 2.04 bits per heavy atom. The number of imidazole rings is 1. The lowest BCUT2D eigenvalue weighted by Gasteiger charge is -2.31. The first-order chi connectivity index (χ1) is 11.7. The monoisotopic (exact) mass is 378 g/mol. The molecule has 138 valence electrons. The zero-order valence-electron chi connectivity index (χ0n) is 12.4. The first-order valence-electron chi connectivity index (χ1n) is 6.92. The summed E-state index contributed by atoms with van der Waals surface area (Å²) in [4.78, 5) is 28.8. The van der Waals surface area contributed by atoms with Crippen molar-refractivity contribution in [3.63, 3.8) is 0 Å². The number of hydrogen-bond donors (Lipinski definition) is 6. The third-order valence-electron chi connectivity index (χ3n) is 3.88. The van der Waals surface area contributed by atoms with Crippen LogP contribution >= 0.6 is 7.82 Å². The second kappa shape index (κ2) is 6.23. The molecule has 0 spiro atoms. The molecule has 4 atom stereocenters. The minimum absolute atomic E-state index is 0.00403. The highest BCUT2D eigenvalue weighted by atomic mass is 31.2. The molecule has 14 heteroatoms. The third-order valence-corrected chi connectivity index (χ3v) is 4.36. The highest BCUT2D eigenvalue weighted by Crippen LogP contribution is 2.41. The van der Waals surface area contributed by atoms with E-state index in [2.05, 4.69) is 19.5 Å². The summed E-state index contributed by atoms with van der Waals surface area (Å²) >= 11 is 0. The van der Waals surface area contributed by atoms with Gasteiger partial charge in [-0.25, -0.2) is 14.5 Å². The summed E-state index contributed by atoms with van der Waals surface area (Å²) in [5.74, 6) is -0.439. The highest BCUT2D eigenvalue weighted by molar-refractivity contribution is 7.46. The molecule has 1 aliphatic rings. The van der Waals surface area contributed by atoms with Gasteiger partial charge >= 0.3 is 7.82 Å². The lowest BCUT2D eigenvalue weighted by Crippen LogP contribution is -2.48. The summed E-state index contributed by atoms with van der Waals surface area (Å²) in [5.41, 5.74) is -1.99. The standard InChI is InChI=1S/C11H15N4O9P/c16-2-11(15-4-14-6-9(15)12-3-13-10(6)19)8(18)7(17)5(24-11)1-23-25(20,21)22/h3-5,7-8,16-18H,1-2H2,(H,12,13,19)(H2,20,21,22)/t5-,7-,8-,11-/m1/s1. The maximum atomic E-state index is 10.8. The van der Waals surface area contributed by atoms with Crippen LogP contribution < -0.4 is 0 Å². The molecule has 0 bridgehead atoms. The fourth-order valence-corrected chi connectivity index (χ4v) is 3.02. The number of fused-ring (bicyclic) bond motifs is 1. The van der Waals surface area contributed by atoms with Crippen LogP contribution in [0.5, 0.6) is 5.88 Å². The summed E-state index contributed by atoms with van der Waals surface area (Å²) in [6.07, 6.45) is -2.57. The lowest BCUT2D eigenvalue weighted by molar-refractivity contribution is -0.169. The van der Waals surface area contributed by atoms with Crippen molar-refractivity contribution in [3.8, 4) is 5.88 Å². The number of aromatic hydroxyl groups is 1. The fourth-order valence-electron chi connectivity index (χ4n) is 2.68. The molecule has 0 saturated carbocycles. The number of hydrogen-bond acceptors (Lipinski definition) is 10. The van der Waals surface area contributed by atoms with Gasteiger partial charge in [0, 0.05) is 0 Å². The number of aliphatic hydroxyl groups excluding tert-OH is 3. The van der Waals surface area contributed by atoms with Crippen LogP contribution in [0.15, 0.2) is 12.7 Å². The zero-order valence-corrected chi connectivity index (χ0v) is 13.3. The quantitative estimate of drug-likeness (QED) is 0.297. The van der Waals surface area contributed by atoms with Crippen molar-refractivity contribution in [1.82, 2.24) is 19.5 Å². The first kappa shape index (κ1) is 18.1.